The van der Waals surface area contributed by atoms with Gasteiger partial charge in [0.15, 0.2) is 0 Å². The van der Waals surface area contributed by atoms with Crippen LogP contribution in [0.2, 0.25) is 0 Å². The van der Waals surface area contributed by atoms with Crippen LogP contribution in [0.15, 0.2) is 66.7 Å². The average molecular weight is 629 g/mol. The highest BCUT2D eigenvalue weighted by molar-refractivity contribution is 5.95. The summed E-state index contributed by atoms with van der Waals surface area (Å²) < 4.78 is 95.8. The van der Waals surface area contributed by atoms with E-state index in [0.717, 1.165) is 12.1 Å². The van der Waals surface area contributed by atoms with Gasteiger partial charge in [0.25, 0.3) is 11.8 Å². The Kier molecular flexibility index (Phi) is 11.0. The minimum Gasteiger partial charge on any atom is -0.481 e. The average Bonchev–Trinajstić information content (AvgIpc) is 2.94. The lowest BCUT2D eigenvalue weighted by atomic mass is 9.83. The summed E-state index contributed by atoms with van der Waals surface area (Å²) in [6.45, 7) is 1.73. The highest BCUT2D eigenvalue weighted by Crippen LogP contribution is 2.37. The topological polar surface area (TPSA) is 105 Å². The van der Waals surface area contributed by atoms with Gasteiger partial charge in [0.1, 0.15) is 11.6 Å². The van der Waals surface area contributed by atoms with Crippen molar-refractivity contribution < 1.29 is 55.0 Å². The normalized spacial score (nSPS) is 13.1. The number of amides is 2. The smallest absolute Gasteiger partial charge is 0.481 e. The van der Waals surface area contributed by atoms with Gasteiger partial charge >= 0.3 is 18.5 Å². The molecule has 2 atom stereocenters. The van der Waals surface area contributed by atoms with Gasteiger partial charge in [-0.25, -0.2) is 4.39 Å². The summed E-state index contributed by atoms with van der Waals surface area (Å²) in [4.78, 5) is 36.3. The van der Waals surface area contributed by atoms with Gasteiger partial charge in [-0.1, -0.05) is 37.6 Å². The van der Waals surface area contributed by atoms with E-state index in [1.54, 1.807) is 12.1 Å². The standard InChI is InChI=1S/C30H27F7N2O5/c1-2-3-22(17-4-6-19(7-5-17)27(42)38-15-14-25(40)41)26(18-8-11-21(12-9-18)44-30(35,36)37)39-28(43)23-13-10-20(16-24(23)31)29(32,33)34/h4-13,16,22,26H,2-3,14-15H2,1H3,(H,38,42)(H,39,43)(H,40,41). The first kappa shape index (κ1) is 33.9. The van der Waals surface area contributed by atoms with Crippen LogP contribution in [-0.4, -0.2) is 35.8 Å². The summed E-state index contributed by atoms with van der Waals surface area (Å²) in [6, 6.07) is 11.1. The summed E-state index contributed by atoms with van der Waals surface area (Å²) in [6.07, 6.45) is -9.16. The van der Waals surface area contributed by atoms with E-state index in [4.69, 9.17) is 5.11 Å². The lowest BCUT2D eigenvalue weighted by molar-refractivity contribution is -0.274. The largest absolute Gasteiger partial charge is 0.573 e. The second-order valence-corrected chi connectivity index (χ2v) is 9.68. The van der Waals surface area contributed by atoms with Crippen LogP contribution in [0.1, 0.15) is 75.6 Å². The number of alkyl halides is 6. The van der Waals surface area contributed by atoms with Gasteiger partial charge in [-0.2, -0.15) is 13.2 Å². The molecule has 0 aliphatic heterocycles. The molecule has 0 aliphatic rings. The number of carbonyl (C=O) groups excluding carboxylic acids is 2. The first-order valence-electron chi connectivity index (χ1n) is 13.2. The summed E-state index contributed by atoms with van der Waals surface area (Å²) in [5.41, 5.74) is -0.907. The molecular formula is C30H27F7N2O5. The second kappa shape index (κ2) is 14.2. The fraction of sp³-hybridized carbons (Fsp3) is 0.300. The van der Waals surface area contributed by atoms with Gasteiger partial charge in [0.05, 0.1) is 23.6 Å². The highest BCUT2D eigenvalue weighted by Gasteiger charge is 2.34. The Labute approximate surface area is 247 Å². The van der Waals surface area contributed by atoms with E-state index in [0.29, 0.717) is 30.5 Å². The molecule has 0 saturated heterocycles. The van der Waals surface area contributed by atoms with Crippen LogP contribution in [0.4, 0.5) is 30.7 Å². The third kappa shape index (κ3) is 9.44. The SMILES string of the molecule is CCCC(c1ccc(C(=O)NCCC(=O)O)cc1)C(NC(=O)c1ccc(C(F)(F)F)cc1F)c1ccc(OC(F)(F)F)cc1. The Morgan fingerprint density at radius 3 is 2.00 bits per heavy atom. The minimum absolute atomic E-state index is 0.100. The van der Waals surface area contributed by atoms with Crippen molar-refractivity contribution in [1.82, 2.24) is 10.6 Å². The highest BCUT2D eigenvalue weighted by atomic mass is 19.4. The third-order valence-electron chi connectivity index (χ3n) is 6.53. The van der Waals surface area contributed by atoms with E-state index in [-0.39, 0.29) is 30.2 Å². The number of ether oxygens (including phenoxy) is 1. The molecule has 3 aromatic carbocycles. The molecule has 2 amide bonds. The molecule has 3 aromatic rings. The van der Waals surface area contributed by atoms with Crippen LogP contribution >= 0.6 is 0 Å². The van der Waals surface area contributed by atoms with Crippen molar-refractivity contribution in [1.29, 1.82) is 0 Å². The van der Waals surface area contributed by atoms with Crippen LogP contribution in [0.25, 0.3) is 0 Å². The van der Waals surface area contributed by atoms with Crippen molar-refractivity contribution in [3.05, 3.63) is 100 Å². The maximum atomic E-state index is 14.7. The van der Waals surface area contributed by atoms with E-state index in [2.05, 4.69) is 15.4 Å². The van der Waals surface area contributed by atoms with Crippen molar-refractivity contribution >= 4 is 17.8 Å². The molecule has 2 unspecified atom stereocenters. The van der Waals surface area contributed by atoms with Gasteiger partial charge in [-0.05, 0) is 60.0 Å². The van der Waals surface area contributed by atoms with Crippen molar-refractivity contribution in [2.24, 2.45) is 0 Å². The number of aliphatic carboxylic acids is 1. The Morgan fingerprint density at radius 1 is 0.864 bits per heavy atom. The molecule has 0 aromatic heterocycles. The van der Waals surface area contributed by atoms with E-state index in [1.165, 1.54) is 24.3 Å². The first-order chi connectivity index (χ1) is 20.6. The molecule has 44 heavy (non-hydrogen) atoms. The van der Waals surface area contributed by atoms with Crippen LogP contribution in [0.3, 0.4) is 0 Å². The molecule has 3 N–H and O–H groups in total. The first-order valence-corrected chi connectivity index (χ1v) is 13.2. The zero-order chi connectivity index (χ0) is 32.7. The molecule has 14 heteroatoms. The van der Waals surface area contributed by atoms with Crippen LogP contribution < -0.4 is 15.4 Å². The third-order valence-corrected chi connectivity index (χ3v) is 6.53. The van der Waals surface area contributed by atoms with Crippen molar-refractivity contribution in [3.63, 3.8) is 0 Å². The monoisotopic (exact) mass is 628 g/mol. The van der Waals surface area contributed by atoms with Crippen LogP contribution in [0.5, 0.6) is 5.75 Å². The number of carbonyl (C=O) groups is 3. The van der Waals surface area contributed by atoms with Gasteiger partial charge in [0.2, 0.25) is 0 Å². The number of rotatable bonds is 12. The molecule has 7 nitrogen and oxygen atoms in total. The Balaban J connectivity index is 1.98. The molecule has 0 bridgehead atoms. The Bertz CT molecular complexity index is 1460. The molecule has 0 saturated carbocycles. The fourth-order valence-electron chi connectivity index (χ4n) is 4.49. The van der Waals surface area contributed by atoms with E-state index in [9.17, 15) is 45.1 Å². The summed E-state index contributed by atoms with van der Waals surface area (Å²) in [5, 5.41) is 13.8. The van der Waals surface area contributed by atoms with Gasteiger partial charge in [0, 0.05) is 18.0 Å². The van der Waals surface area contributed by atoms with Gasteiger partial charge < -0.3 is 20.5 Å². The minimum atomic E-state index is -4.96. The van der Waals surface area contributed by atoms with Crippen molar-refractivity contribution in [2.75, 3.05) is 6.54 Å². The molecule has 0 spiro atoms. The summed E-state index contributed by atoms with van der Waals surface area (Å²) >= 11 is 0. The van der Waals surface area contributed by atoms with E-state index >= 15 is 0 Å². The summed E-state index contributed by atoms with van der Waals surface area (Å²) in [5.74, 6) is -5.24. The number of benzene rings is 3. The molecule has 0 radical (unpaired) electrons. The predicted octanol–water partition coefficient (Wildman–Crippen LogP) is 7.00. The fourth-order valence-corrected chi connectivity index (χ4v) is 4.49. The maximum absolute atomic E-state index is 14.7. The quantitative estimate of drug-likeness (QED) is 0.187. The molecule has 236 valence electrons. The molecule has 0 fully saturated rings. The van der Waals surface area contributed by atoms with E-state index in [1.807, 2.05) is 6.92 Å². The lowest BCUT2D eigenvalue weighted by Crippen LogP contribution is -2.33. The van der Waals surface area contributed by atoms with Crippen molar-refractivity contribution in [3.8, 4) is 5.75 Å². The number of carboxylic acid groups (broad SMARTS) is 1. The van der Waals surface area contributed by atoms with Crippen LogP contribution in [-0.2, 0) is 11.0 Å². The Morgan fingerprint density at radius 2 is 1.48 bits per heavy atom. The molecule has 0 aliphatic carbocycles. The number of halogens is 7. The number of hydrogen-bond acceptors (Lipinski definition) is 4. The van der Waals surface area contributed by atoms with E-state index < -0.39 is 65.0 Å². The molecule has 0 heterocycles. The molecular weight excluding hydrogens is 601 g/mol. The van der Waals surface area contributed by atoms with Gasteiger partial charge in [-0.15, -0.1) is 13.2 Å². The Hall–Kier alpha value is -4.62. The second-order valence-electron chi connectivity index (χ2n) is 9.68. The predicted molar refractivity (Wildman–Crippen MR) is 143 cm³/mol. The zero-order valence-electron chi connectivity index (χ0n) is 23.1. The zero-order valence-corrected chi connectivity index (χ0v) is 23.1. The number of carboxylic acids is 1. The summed E-state index contributed by atoms with van der Waals surface area (Å²) in [7, 11) is 0. The van der Waals surface area contributed by atoms with Crippen molar-refractivity contribution in [2.45, 2.75) is 50.7 Å². The lowest BCUT2D eigenvalue weighted by Gasteiger charge is -2.29. The molecule has 3 rings (SSSR count). The number of hydrogen-bond donors (Lipinski definition) is 3. The van der Waals surface area contributed by atoms with Gasteiger partial charge in [-0.3, -0.25) is 14.4 Å². The maximum Gasteiger partial charge on any atom is 0.573 e. The number of nitrogens with one attached hydrogen (secondary N) is 2. The van der Waals surface area contributed by atoms with Crippen LogP contribution in [0, 0.1) is 5.82 Å².